The maximum Gasteiger partial charge on any atom is 0.156 e. The molecule has 3 nitrogen and oxygen atoms in total. The molecule has 0 amide bonds. The second-order valence-corrected chi connectivity index (χ2v) is 7.42. The second-order valence-electron chi connectivity index (χ2n) is 6.33. The lowest BCUT2D eigenvalue weighted by Gasteiger charge is -2.35. The number of nitrogens with zero attached hydrogens (tertiary/aromatic N) is 1. The van der Waals surface area contributed by atoms with Gasteiger partial charge < -0.3 is 10.1 Å². The zero-order valence-electron chi connectivity index (χ0n) is 11.9. The molecule has 0 spiro atoms. The van der Waals surface area contributed by atoms with Crippen LogP contribution in [-0.4, -0.2) is 36.2 Å². The Hall–Kier alpha value is -0.220. The minimum absolute atomic E-state index is 0.309. The van der Waals surface area contributed by atoms with Crippen LogP contribution in [0.25, 0.3) is 0 Å². The van der Waals surface area contributed by atoms with Crippen molar-refractivity contribution >= 4 is 16.9 Å². The first kappa shape index (κ1) is 14.2. The predicted octanol–water partition coefficient (Wildman–Crippen LogP) is 3.05. The summed E-state index contributed by atoms with van der Waals surface area (Å²) in [6, 6.07) is 0.546. The highest BCUT2D eigenvalue weighted by Crippen LogP contribution is 2.27. The van der Waals surface area contributed by atoms with E-state index >= 15 is 0 Å². The molecule has 0 bridgehead atoms. The molecule has 18 heavy (non-hydrogen) atoms. The monoisotopic (exact) mass is 270 g/mol. The number of hydrogen-bond donors (Lipinski definition) is 1. The normalized spacial score (nSPS) is 32.3. The largest absolute Gasteiger partial charge is 0.376 e. The molecule has 2 unspecified atom stereocenters. The fourth-order valence-electron chi connectivity index (χ4n) is 2.41. The molecule has 2 rings (SSSR count). The van der Waals surface area contributed by atoms with Gasteiger partial charge in [0, 0.05) is 18.4 Å². The Morgan fingerprint density at radius 2 is 2.17 bits per heavy atom. The van der Waals surface area contributed by atoms with E-state index in [0.717, 1.165) is 18.3 Å². The van der Waals surface area contributed by atoms with Crippen LogP contribution < -0.4 is 5.32 Å². The zero-order chi connectivity index (χ0) is 13.0. The Morgan fingerprint density at radius 3 is 2.83 bits per heavy atom. The van der Waals surface area contributed by atoms with E-state index in [0.29, 0.717) is 17.6 Å². The standard InChI is InChI=1S/C14H26N2OS/c1-14(2,3)12-7-9-18-13(16-12)15-10-11-6-4-5-8-17-11/h11-12H,4-10H2,1-3H3,(H,15,16). The van der Waals surface area contributed by atoms with Gasteiger partial charge in [0.05, 0.1) is 12.6 Å². The molecule has 0 aromatic rings. The summed E-state index contributed by atoms with van der Waals surface area (Å²) in [6.45, 7) is 8.63. The van der Waals surface area contributed by atoms with Gasteiger partial charge in [-0.3, -0.25) is 4.99 Å². The van der Waals surface area contributed by atoms with Crippen LogP contribution in [0.4, 0.5) is 0 Å². The number of aliphatic imine (C=N–C) groups is 1. The fraction of sp³-hybridized carbons (Fsp3) is 0.929. The van der Waals surface area contributed by atoms with E-state index in [-0.39, 0.29) is 0 Å². The van der Waals surface area contributed by atoms with Crippen LogP contribution in [0.15, 0.2) is 4.99 Å². The number of thioether (sulfide) groups is 1. The number of rotatable bonds is 2. The Kier molecular flexibility index (Phi) is 4.96. The van der Waals surface area contributed by atoms with Crippen LogP contribution in [0.2, 0.25) is 0 Å². The number of ether oxygens (including phenoxy) is 1. The maximum atomic E-state index is 5.72. The maximum absolute atomic E-state index is 5.72. The van der Waals surface area contributed by atoms with E-state index < -0.39 is 0 Å². The number of amidine groups is 1. The lowest BCUT2D eigenvalue weighted by atomic mass is 9.85. The average Bonchev–Trinajstić information content (AvgIpc) is 2.37. The predicted molar refractivity (Wildman–Crippen MR) is 79.3 cm³/mol. The highest BCUT2D eigenvalue weighted by molar-refractivity contribution is 8.13. The molecule has 0 aromatic heterocycles. The van der Waals surface area contributed by atoms with Gasteiger partial charge in [0.2, 0.25) is 0 Å². The van der Waals surface area contributed by atoms with Crippen LogP contribution in [0.5, 0.6) is 0 Å². The Balaban J connectivity index is 1.84. The van der Waals surface area contributed by atoms with Gasteiger partial charge in [-0.1, -0.05) is 32.5 Å². The van der Waals surface area contributed by atoms with Crippen LogP contribution >= 0.6 is 11.8 Å². The summed E-state index contributed by atoms with van der Waals surface area (Å²) < 4.78 is 5.72. The summed E-state index contributed by atoms with van der Waals surface area (Å²) in [6.07, 6.45) is 5.26. The molecular weight excluding hydrogens is 244 g/mol. The first-order chi connectivity index (χ1) is 8.55. The van der Waals surface area contributed by atoms with Gasteiger partial charge in [0.25, 0.3) is 0 Å². The molecule has 2 atom stereocenters. The highest BCUT2D eigenvalue weighted by Gasteiger charge is 2.28. The molecule has 2 aliphatic rings. The molecule has 2 heterocycles. The van der Waals surface area contributed by atoms with Gasteiger partial charge in [-0.15, -0.1) is 0 Å². The van der Waals surface area contributed by atoms with E-state index in [4.69, 9.17) is 9.73 Å². The fourth-order valence-corrected chi connectivity index (χ4v) is 3.35. The molecule has 104 valence electrons. The SMILES string of the molecule is CC(C)(C)C1CCSC(=NCC2CCCCO2)N1. The summed E-state index contributed by atoms with van der Waals surface area (Å²) in [4.78, 5) is 4.71. The van der Waals surface area contributed by atoms with Crippen molar-refractivity contribution in [2.45, 2.75) is 58.6 Å². The van der Waals surface area contributed by atoms with Crippen LogP contribution in [0.3, 0.4) is 0 Å². The first-order valence-electron chi connectivity index (χ1n) is 7.11. The van der Waals surface area contributed by atoms with E-state index in [1.165, 1.54) is 31.4 Å². The third kappa shape index (κ3) is 4.16. The zero-order valence-corrected chi connectivity index (χ0v) is 12.7. The summed E-state index contributed by atoms with van der Waals surface area (Å²) in [5.41, 5.74) is 0.309. The van der Waals surface area contributed by atoms with Crippen LogP contribution in [-0.2, 0) is 4.74 Å². The van der Waals surface area contributed by atoms with Crippen molar-refractivity contribution in [2.24, 2.45) is 10.4 Å². The van der Waals surface area contributed by atoms with Crippen LogP contribution in [0, 0.1) is 5.41 Å². The first-order valence-corrected chi connectivity index (χ1v) is 8.09. The number of nitrogens with one attached hydrogen (secondary N) is 1. The summed E-state index contributed by atoms with van der Waals surface area (Å²) in [7, 11) is 0. The smallest absolute Gasteiger partial charge is 0.156 e. The molecule has 2 aliphatic heterocycles. The highest BCUT2D eigenvalue weighted by atomic mass is 32.2. The molecule has 4 heteroatoms. The molecule has 0 aliphatic carbocycles. The summed E-state index contributed by atoms with van der Waals surface area (Å²) in [5.74, 6) is 1.18. The topological polar surface area (TPSA) is 33.6 Å². The molecule has 0 radical (unpaired) electrons. The minimum atomic E-state index is 0.309. The van der Waals surface area contributed by atoms with E-state index in [1.54, 1.807) is 0 Å². The van der Waals surface area contributed by atoms with Gasteiger partial charge in [0.15, 0.2) is 5.17 Å². The quantitative estimate of drug-likeness (QED) is 0.837. The van der Waals surface area contributed by atoms with E-state index in [2.05, 4.69) is 26.1 Å². The summed E-state index contributed by atoms with van der Waals surface area (Å²) in [5, 5.41) is 4.71. The Bertz CT molecular complexity index is 293. The van der Waals surface area contributed by atoms with Crippen molar-refractivity contribution < 1.29 is 4.74 Å². The van der Waals surface area contributed by atoms with E-state index in [1.807, 2.05) is 11.8 Å². The van der Waals surface area contributed by atoms with Crippen molar-refractivity contribution in [3.05, 3.63) is 0 Å². The van der Waals surface area contributed by atoms with Crippen molar-refractivity contribution in [1.82, 2.24) is 5.32 Å². The van der Waals surface area contributed by atoms with E-state index in [9.17, 15) is 0 Å². The summed E-state index contributed by atoms with van der Waals surface area (Å²) >= 11 is 1.85. The Morgan fingerprint density at radius 1 is 1.33 bits per heavy atom. The number of hydrogen-bond acceptors (Lipinski definition) is 3. The van der Waals surface area contributed by atoms with Crippen molar-refractivity contribution in [2.75, 3.05) is 18.9 Å². The minimum Gasteiger partial charge on any atom is -0.376 e. The Labute approximate surface area is 115 Å². The van der Waals surface area contributed by atoms with Crippen molar-refractivity contribution in [1.29, 1.82) is 0 Å². The van der Waals surface area contributed by atoms with Crippen LogP contribution in [0.1, 0.15) is 46.5 Å². The molecule has 2 fully saturated rings. The van der Waals surface area contributed by atoms with Gasteiger partial charge in [-0.2, -0.15) is 0 Å². The van der Waals surface area contributed by atoms with Crippen molar-refractivity contribution in [3.63, 3.8) is 0 Å². The third-order valence-corrected chi connectivity index (χ3v) is 4.66. The van der Waals surface area contributed by atoms with Gasteiger partial charge in [-0.05, 0) is 31.1 Å². The second kappa shape index (κ2) is 6.29. The molecule has 0 saturated carbocycles. The molecular formula is C14H26N2OS. The average molecular weight is 270 g/mol. The lowest BCUT2D eigenvalue weighted by Crippen LogP contribution is -2.46. The van der Waals surface area contributed by atoms with Gasteiger partial charge in [-0.25, -0.2) is 0 Å². The molecule has 1 N–H and O–H groups in total. The third-order valence-electron chi connectivity index (χ3n) is 3.70. The van der Waals surface area contributed by atoms with Gasteiger partial charge in [0.1, 0.15) is 0 Å². The molecule has 0 aromatic carbocycles. The van der Waals surface area contributed by atoms with Gasteiger partial charge >= 0.3 is 0 Å². The lowest BCUT2D eigenvalue weighted by molar-refractivity contribution is 0.0225. The molecule has 2 saturated heterocycles. The van der Waals surface area contributed by atoms with Crippen molar-refractivity contribution in [3.8, 4) is 0 Å².